The molecular formula is C7H9NO2S. The Morgan fingerprint density at radius 3 is 3.00 bits per heavy atom. The molecule has 0 fully saturated rings. The number of thiazole rings is 1. The molecule has 1 atom stereocenters. The molecule has 0 saturated heterocycles. The first-order valence-electron chi connectivity index (χ1n) is 3.23. The Labute approximate surface area is 69.0 Å². The lowest BCUT2D eigenvalue weighted by molar-refractivity contribution is -0.141. The van der Waals surface area contributed by atoms with Crippen LogP contribution in [0.2, 0.25) is 0 Å². The topological polar surface area (TPSA) is 39.2 Å². The molecule has 1 rings (SSSR count). The van der Waals surface area contributed by atoms with E-state index in [2.05, 4.69) is 9.72 Å². The normalized spacial score (nSPS) is 12.5. The second kappa shape index (κ2) is 3.48. The van der Waals surface area contributed by atoms with Gasteiger partial charge in [0, 0.05) is 11.6 Å². The van der Waals surface area contributed by atoms with Gasteiger partial charge < -0.3 is 4.74 Å². The molecule has 0 aromatic carbocycles. The van der Waals surface area contributed by atoms with Crippen molar-refractivity contribution in [2.24, 2.45) is 0 Å². The van der Waals surface area contributed by atoms with Crippen LogP contribution in [0.25, 0.3) is 0 Å². The second-order valence-electron chi connectivity index (χ2n) is 2.12. The fourth-order valence-corrected chi connectivity index (χ4v) is 1.41. The third-order valence-electron chi connectivity index (χ3n) is 1.38. The van der Waals surface area contributed by atoms with Gasteiger partial charge in [0.25, 0.3) is 0 Å². The molecule has 1 aromatic rings. The first kappa shape index (κ1) is 8.20. The van der Waals surface area contributed by atoms with Crippen LogP contribution in [0.4, 0.5) is 0 Å². The summed E-state index contributed by atoms with van der Waals surface area (Å²) in [6.07, 6.45) is 1.68. The van der Waals surface area contributed by atoms with E-state index >= 15 is 0 Å². The summed E-state index contributed by atoms with van der Waals surface area (Å²) in [7, 11) is 1.38. The lowest BCUT2D eigenvalue weighted by Crippen LogP contribution is -2.10. The Bertz CT molecular complexity index is 233. The number of carbonyl (C=O) groups excluding carboxylic acids is 1. The summed E-state index contributed by atoms with van der Waals surface area (Å²) < 4.78 is 4.56. The molecule has 0 radical (unpaired) electrons. The van der Waals surface area contributed by atoms with Crippen molar-refractivity contribution in [2.75, 3.05) is 7.11 Å². The zero-order valence-corrected chi connectivity index (χ0v) is 7.22. The molecule has 1 heterocycles. The lowest BCUT2D eigenvalue weighted by Gasteiger charge is -2.03. The van der Waals surface area contributed by atoms with Crippen LogP contribution >= 0.6 is 11.3 Å². The third-order valence-corrected chi connectivity index (χ3v) is 2.33. The Hall–Kier alpha value is -0.900. The second-order valence-corrected chi connectivity index (χ2v) is 3.04. The van der Waals surface area contributed by atoms with Gasteiger partial charge in [-0.3, -0.25) is 4.79 Å². The quantitative estimate of drug-likeness (QED) is 0.632. The van der Waals surface area contributed by atoms with Crippen LogP contribution in [-0.2, 0) is 9.53 Å². The maximum Gasteiger partial charge on any atom is 0.315 e. The number of hydrogen-bond donors (Lipinski definition) is 0. The minimum absolute atomic E-state index is 0.236. The van der Waals surface area contributed by atoms with Gasteiger partial charge in [-0.05, 0) is 6.92 Å². The molecule has 0 aliphatic heterocycles. The SMILES string of the molecule is COC(=O)[C@H](C)c1nccs1. The van der Waals surface area contributed by atoms with Gasteiger partial charge >= 0.3 is 5.97 Å². The minimum atomic E-state index is -0.236. The molecular weight excluding hydrogens is 162 g/mol. The molecule has 0 spiro atoms. The van der Waals surface area contributed by atoms with Gasteiger partial charge in [-0.15, -0.1) is 11.3 Å². The fraction of sp³-hybridized carbons (Fsp3) is 0.429. The molecule has 3 nitrogen and oxygen atoms in total. The first-order chi connectivity index (χ1) is 5.25. The Morgan fingerprint density at radius 1 is 1.82 bits per heavy atom. The van der Waals surface area contributed by atoms with Gasteiger partial charge in [0.05, 0.1) is 7.11 Å². The van der Waals surface area contributed by atoms with Crippen LogP contribution in [0, 0.1) is 0 Å². The molecule has 0 bridgehead atoms. The highest BCUT2D eigenvalue weighted by Crippen LogP contribution is 2.18. The monoisotopic (exact) mass is 171 g/mol. The Balaban J connectivity index is 2.70. The van der Waals surface area contributed by atoms with Crippen molar-refractivity contribution in [3.63, 3.8) is 0 Å². The van der Waals surface area contributed by atoms with Gasteiger partial charge in [0.1, 0.15) is 10.9 Å². The molecule has 1 aromatic heterocycles. The maximum atomic E-state index is 11.0. The summed E-state index contributed by atoms with van der Waals surface area (Å²) >= 11 is 1.46. The molecule has 0 unspecified atom stereocenters. The number of aromatic nitrogens is 1. The van der Waals surface area contributed by atoms with E-state index in [1.165, 1.54) is 18.4 Å². The summed E-state index contributed by atoms with van der Waals surface area (Å²) in [6.45, 7) is 1.78. The molecule has 0 N–H and O–H groups in total. The van der Waals surface area contributed by atoms with Crippen LogP contribution in [0.1, 0.15) is 17.8 Å². The standard InChI is InChI=1S/C7H9NO2S/c1-5(7(9)10-2)6-8-3-4-11-6/h3-5H,1-2H3/t5-/m1/s1. The van der Waals surface area contributed by atoms with E-state index in [1.54, 1.807) is 13.1 Å². The third kappa shape index (κ3) is 1.77. The van der Waals surface area contributed by atoms with Gasteiger partial charge in [-0.2, -0.15) is 0 Å². The number of carbonyl (C=O) groups is 1. The molecule has 0 amide bonds. The minimum Gasteiger partial charge on any atom is -0.468 e. The number of nitrogens with zero attached hydrogens (tertiary/aromatic N) is 1. The van der Waals surface area contributed by atoms with Crippen LogP contribution in [0.15, 0.2) is 11.6 Å². The van der Waals surface area contributed by atoms with Gasteiger partial charge in [0.15, 0.2) is 0 Å². The highest BCUT2D eigenvalue weighted by molar-refractivity contribution is 7.09. The van der Waals surface area contributed by atoms with E-state index in [-0.39, 0.29) is 11.9 Å². The first-order valence-corrected chi connectivity index (χ1v) is 4.11. The molecule has 0 aliphatic rings. The molecule has 0 aliphatic carbocycles. The predicted molar refractivity (Wildman–Crippen MR) is 42.5 cm³/mol. The van der Waals surface area contributed by atoms with Gasteiger partial charge in [0.2, 0.25) is 0 Å². The van der Waals surface area contributed by atoms with Gasteiger partial charge in [-0.25, -0.2) is 4.98 Å². The summed E-state index contributed by atoms with van der Waals surface area (Å²) in [5.41, 5.74) is 0. The number of ether oxygens (including phenoxy) is 1. The predicted octanol–water partition coefficient (Wildman–Crippen LogP) is 1.42. The number of rotatable bonds is 2. The largest absolute Gasteiger partial charge is 0.468 e. The summed E-state index contributed by atoms with van der Waals surface area (Å²) in [5, 5.41) is 2.64. The molecule has 4 heteroatoms. The number of esters is 1. The van der Waals surface area contributed by atoms with E-state index in [0.29, 0.717) is 0 Å². The van der Waals surface area contributed by atoms with E-state index in [4.69, 9.17) is 0 Å². The van der Waals surface area contributed by atoms with E-state index in [9.17, 15) is 4.79 Å². The van der Waals surface area contributed by atoms with E-state index in [0.717, 1.165) is 5.01 Å². The van der Waals surface area contributed by atoms with Crippen molar-refractivity contribution in [1.82, 2.24) is 4.98 Å². The van der Waals surface area contributed by atoms with E-state index in [1.807, 2.05) is 5.38 Å². The van der Waals surface area contributed by atoms with Crippen LogP contribution < -0.4 is 0 Å². The van der Waals surface area contributed by atoms with Crippen molar-refractivity contribution in [2.45, 2.75) is 12.8 Å². The van der Waals surface area contributed by atoms with Crippen molar-refractivity contribution in [1.29, 1.82) is 0 Å². The zero-order chi connectivity index (χ0) is 8.27. The average Bonchev–Trinajstić information content (AvgIpc) is 2.53. The van der Waals surface area contributed by atoms with Crippen molar-refractivity contribution in [3.05, 3.63) is 16.6 Å². The zero-order valence-electron chi connectivity index (χ0n) is 6.40. The van der Waals surface area contributed by atoms with Crippen LogP contribution in [0.5, 0.6) is 0 Å². The molecule has 60 valence electrons. The summed E-state index contributed by atoms with van der Waals surface area (Å²) in [4.78, 5) is 15.0. The number of methoxy groups -OCH3 is 1. The van der Waals surface area contributed by atoms with Gasteiger partial charge in [-0.1, -0.05) is 0 Å². The van der Waals surface area contributed by atoms with Crippen molar-refractivity contribution in [3.8, 4) is 0 Å². The fourth-order valence-electron chi connectivity index (χ4n) is 0.726. The Morgan fingerprint density at radius 2 is 2.55 bits per heavy atom. The molecule has 11 heavy (non-hydrogen) atoms. The van der Waals surface area contributed by atoms with Crippen molar-refractivity contribution < 1.29 is 9.53 Å². The van der Waals surface area contributed by atoms with Crippen LogP contribution in [0.3, 0.4) is 0 Å². The highest BCUT2D eigenvalue weighted by atomic mass is 32.1. The maximum absolute atomic E-state index is 11.0. The lowest BCUT2D eigenvalue weighted by atomic mass is 10.2. The highest BCUT2D eigenvalue weighted by Gasteiger charge is 2.17. The average molecular weight is 171 g/mol. The van der Waals surface area contributed by atoms with E-state index < -0.39 is 0 Å². The summed E-state index contributed by atoms with van der Waals surface area (Å²) in [6, 6.07) is 0. The van der Waals surface area contributed by atoms with Crippen molar-refractivity contribution >= 4 is 17.3 Å². The summed E-state index contributed by atoms with van der Waals surface area (Å²) in [5.74, 6) is -0.472. The number of hydrogen-bond acceptors (Lipinski definition) is 4. The molecule has 0 saturated carbocycles. The smallest absolute Gasteiger partial charge is 0.315 e. The van der Waals surface area contributed by atoms with Crippen LogP contribution in [-0.4, -0.2) is 18.1 Å². The Kier molecular flexibility index (Phi) is 2.59.